The summed E-state index contributed by atoms with van der Waals surface area (Å²) in [5.41, 5.74) is -0.0900. The van der Waals surface area contributed by atoms with Gasteiger partial charge in [-0.15, -0.1) is 0 Å². The second-order valence-corrected chi connectivity index (χ2v) is 2.96. The molecule has 0 radical (unpaired) electrons. The van der Waals surface area contributed by atoms with Crippen molar-refractivity contribution in [3.63, 3.8) is 0 Å². The summed E-state index contributed by atoms with van der Waals surface area (Å²) in [6, 6.07) is 2.94. The molecule has 4 heteroatoms. The Morgan fingerprint density at radius 3 is 3.00 bits per heavy atom. The molecule has 0 atom stereocenters. The first-order chi connectivity index (χ1) is 5.74. The largest absolute Gasteiger partial charge is 0.268 e. The zero-order valence-corrected chi connectivity index (χ0v) is 7.71. The highest BCUT2D eigenvalue weighted by atomic mass is 35.5. The molecule has 0 unspecified atom stereocenters. The molecule has 0 aromatic carbocycles. The Bertz CT molecular complexity index is 308. The number of hydrogen-bond donors (Lipinski definition) is 0. The molecule has 0 bridgehead atoms. The maximum absolute atomic E-state index is 11.1. The van der Waals surface area contributed by atoms with E-state index in [0.717, 1.165) is 12.8 Å². The van der Waals surface area contributed by atoms with E-state index in [2.05, 4.69) is 12.0 Å². The third-order valence-corrected chi connectivity index (χ3v) is 1.76. The molecule has 0 amide bonds. The molecule has 0 saturated heterocycles. The number of nitrogens with zero attached hydrogens (tertiary/aromatic N) is 2. The minimum atomic E-state index is -0.0900. The number of aromatic nitrogens is 2. The van der Waals surface area contributed by atoms with E-state index in [1.165, 1.54) is 16.8 Å². The lowest BCUT2D eigenvalue weighted by Gasteiger charge is -2.01. The average Bonchev–Trinajstić information content (AvgIpc) is 2.07. The van der Waals surface area contributed by atoms with Crippen molar-refractivity contribution in [2.75, 3.05) is 0 Å². The lowest BCUT2D eigenvalue weighted by Crippen LogP contribution is -2.21. The first kappa shape index (κ1) is 9.26. The average molecular weight is 187 g/mol. The Morgan fingerprint density at radius 1 is 1.58 bits per heavy atom. The summed E-state index contributed by atoms with van der Waals surface area (Å²) in [7, 11) is 0. The van der Waals surface area contributed by atoms with E-state index in [0.29, 0.717) is 11.7 Å². The van der Waals surface area contributed by atoms with Gasteiger partial charge in [-0.2, -0.15) is 5.10 Å². The predicted octanol–water partition coefficient (Wildman–Crippen LogP) is 1.70. The van der Waals surface area contributed by atoms with Crippen molar-refractivity contribution in [3.8, 4) is 0 Å². The molecule has 3 nitrogen and oxygen atoms in total. The van der Waals surface area contributed by atoms with Crippen molar-refractivity contribution in [3.05, 3.63) is 27.6 Å². The molecule has 1 heterocycles. The smallest absolute Gasteiger partial charge is 0.266 e. The van der Waals surface area contributed by atoms with E-state index < -0.39 is 0 Å². The van der Waals surface area contributed by atoms with Crippen molar-refractivity contribution in [2.24, 2.45) is 0 Å². The molecule has 66 valence electrons. The summed E-state index contributed by atoms with van der Waals surface area (Å²) >= 11 is 5.62. The number of halogens is 1. The predicted molar refractivity (Wildman–Crippen MR) is 48.4 cm³/mol. The van der Waals surface area contributed by atoms with Gasteiger partial charge in [0.15, 0.2) is 0 Å². The maximum atomic E-state index is 11.1. The molecule has 0 N–H and O–H groups in total. The topological polar surface area (TPSA) is 34.9 Å². The molecule has 1 rings (SSSR count). The number of rotatable bonds is 3. The van der Waals surface area contributed by atoms with Crippen LogP contribution >= 0.6 is 11.6 Å². The monoisotopic (exact) mass is 186 g/mol. The normalized spacial score (nSPS) is 10.2. The third-order valence-electron chi connectivity index (χ3n) is 1.56. The summed E-state index contributed by atoms with van der Waals surface area (Å²) in [6.07, 6.45) is 1.99. The summed E-state index contributed by atoms with van der Waals surface area (Å²) in [5, 5.41) is 4.25. The van der Waals surface area contributed by atoms with Crippen LogP contribution in [0.25, 0.3) is 0 Å². The van der Waals surface area contributed by atoms with Gasteiger partial charge in [0.05, 0.1) is 0 Å². The zero-order chi connectivity index (χ0) is 8.97. The summed E-state index contributed by atoms with van der Waals surface area (Å²) in [6.45, 7) is 2.71. The second-order valence-electron chi connectivity index (χ2n) is 2.57. The Balaban J connectivity index is 2.83. The maximum Gasteiger partial charge on any atom is 0.266 e. The lowest BCUT2D eigenvalue weighted by atomic mass is 10.3. The van der Waals surface area contributed by atoms with E-state index in [1.54, 1.807) is 0 Å². The number of hydrogen-bond acceptors (Lipinski definition) is 2. The van der Waals surface area contributed by atoms with Gasteiger partial charge >= 0.3 is 0 Å². The third kappa shape index (κ3) is 2.34. The van der Waals surface area contributed by atoms with Crippen LogP contribution in [0.5, 0.6) is 0 Å². The van der Waals surface area contributed by atoms with Gasteiger partial charge in [0.2, 0.25) is 0 Å². The van der Waals surface area contributed by atoms with Crippen LogP contribution in [-0.2, 0) is 6.54 Å². The van der Waals surface area contributed by atoms with Crippen molar-refractivity contribution in [1.29, 1.82) is 0 Å². The molecule has 0 fully saturated rings. The molecule has 0 aliphatic rings. The Morgan fingerprint density at radius 2 is 2.33 bits per heavy atom. The fourth-order valence-electron chi connectivity index (χ4n) is 0.892. The molecular weight excluding hydrogens is 176 g/mol. The molecular formula is C8H11ClN2O. The van der Waals surface area contributed by atoms with E-state index in [4.69, 9.17) is 11.6 Å². The van der Waals surface area contributed by atoms with Crippen LogP contribution in [0.2, 0.25) is 5.15 Å². The van der Waals surface area contributed by atoms with E-state index in [1.807, 2.05) is 0 Å². The van der Waals surface area contributed by atoms with Gasteiger partial charge < -0.3 is 0 Å². The minimum Gasteiger partial charge on any atom is -0.268 e. The van der Waals surface area contributed by atoms with Crippen LogP contribution in [0.15, 0.2) is 16.9 Å². The molecule has 0 spiro atoms. The van der Waals surface area contributed by atoms with Crippen LogP contribution < -0.4 is 5.56 Å². The molecule has 1 aromatic rings. The Labute approximate surface area is 76.0 Å². The van der Waals surface area contributed by atoms with Gasteiger partial charge in [-0.3, -0.25) is 4.79 Å². The SMILES string of the molecule is CCCCn1nc(Cl)ccc1=O. The van der Waals surface area contributed by atoms with Gasteiger partial charge in [-0.05, 0) is 12.5 Å². The first-order valence-electron chi connectivity index (χ1n) is 3.97. The molecule has 0 aliphatic heterocycles. The lowest BCUT2D eigenvalue weighted by molar-refractivity contribution is 0.543. The number of unbranched alkanes of at least 4 members (excludes halogenated alkanes) is 1. The first-order valence-corrected chi connectivity index (χ1v) is 4.35. The molecule has 1 aromatic heterocycles. The van der Waals surface area contributed by atoms with Crippen molar-refractivity contribution in [1.82, 2.24) is 9.78 Å². The Kier molecular flexibility index (Phi) is 3.29. The summed E-state index contributed by atoms with van der Waals surface area (Å²) in [4.78, 5) is 11.1. The van der Waals surface area contributed by atoms with Crippen LogP contribution in [0.3, 0.4) is 0 Å². The van der Waals surface area contributed by atoms with Crippen LogP contribution in [0, 0.1) is 0 Å². The van der Waals surface area contributed by atoms with Gasteiger partial charge in [0.25, 0.3) is 5.56 Å². The summed E-state index contributed by atoms with van der Waals surface area (Å²) in [5.74, 6) is 0. The standard InChI is InChI=1S/C8H11ClN2O/c1-2-3-6-11-8(12)5-4-7(9)10-11/h4-5H,2-3,6H2,1H3. The van der Waals surface area contributed by atoms with E-state index >= 15 is 0 Å². The van der Waals surface area contributed by atoms with Gasteiger partial charge in [0.1, 0.15) is 5.15 Å². The molecule has 0 saturated carbocycles. The highest BCUT2D eigenvalue weighted by Crippen LogP contribution is 1.98. The Hall–Kier alpha value is -0.830. The van der Waals surface area contributed by atoms with Gasteiger partial charge in [-0.25, -0.2) is 4.68 Å². The fraction of sp³-hybridized carbons (Fsp3) is 0.500. The highest BCUT2D eigenvalue weighted by Gasteiger charge is 1.96. The molecule has 12 heavy (non-hydrogen) atoms. The second kappa shape index (κ2) is 4.26. The quantitative estimate of drug-likeness (QED) is 0.720. The summed E-state index contributed by atoms with van der Waals surface area (Å²) < 4.78 is 1.39. The number of aryl methyl sites for hydroxylation is 1. The van der Waals surface area contributed by atoms with Crippen molar-refractivity contribution >= 4 is 11.6 Å². The van der Waals surface area contributed by atoms with Crippen LogP contribution in [0.1, 0.15) is 19.8 Å². The highest BCUT2D eigenvalue weighted by molar-refractivity contribution is 6.29. The van der Waals surface area contributed by atoms with E-state index in [9.17, 15) is 4.79 Å². The van der Waals surface area contributed by atoms with Gasteiger partial charge in [0, 0.05) is 12.6 Å². The van der Waals surface area contributed by atoms with E-state index in [-0.39, 0.29) is 5.56 Å². The van der Waals surface area contributed by atoms with Gasteiger partial charge in [-0.1, -0.05) is 24.9 Å². The zero-order valence-electron chi connectivity index (χ0n) is 6.96. The minimum absolute atomic E-state index is 0.0900. The van der Waals surface area contributed by atoms with Crippen LogP contribution in [0.4, 0.5) is 0 Å². The van der Waals surface area contributed by atoms with Crippen LogP contribution in [-0.4, -0.2) is 9.78 Å². The molecule has 0 aliphatic carbocycles. The fourth-order valence-corrected chi connectivity index (χ4v) is 1.05. The van der Waals surface area contributed by atoms with Crippen molar-refractivity contribution in [2.45, 2.75) is 26.3 Å². The van der Waals surface area contributed by atoms with Crippen molar-refractivity contribution < 1.29 is 0 Å².